The third kappa shape index (κ3) is 3.68. The molecule has 0 aliphatic heterocycles. The molecule has 0 radical (unpaired) electrons. The lowest BCUT2D eigenvalue weighted by atomic mass is 10.1. The van der Waals surface area contributed by atoms with E-state index in [2.05, 4.69) is 18.8 Å². The molecule has 1 N–H and O–H groups in total. The molecule has 18 heavy (non-hydrogen) atoms. The lowest BCUT2D eigenvalue weighted by Crippen LogP contribution is -2.37. The van der Waals surface area contributed by atoms with E-state index in [-0.39, 0.29) is 11.3 Å². The molecule has 1 rings (SSSR count). The van der Waals surface area contributed by atoms with Gasteiger partial charge in [-0.1, -0.05) is 26.7 Å². The summed E-state index contributed by atoms with van der Waals surface area (Å²) in [5.74, 6) is 0.288. The lowest BCUT2D eigenvalue weighted by Gasteiger charge is -2.07. The molecule has 0 amide bonds. The van der Waals surface area contributed by atoms with Crippen molar-refractivity contribution in [2.45, 2.75) is 46.6 Å². The van der Waals surface area contributed by atoms with Crippen LogP contribution in [-0.4, -0.2) is 15.3 Å². The Bertz CT molecular complexity index is 526. The summed E-state index contributed by atoms with van der Waals surface area (Å²) in [6, 6.07) is 0. The Morgan fingerprint density at radius 2 is 2.00 bits per heavy atom. The first-order chi connectivity index (χ1) is 8.43. The van der Waals surface area contributed by atoms with Crippen LogP contribution in [0.4, 0.5) is 0 Å². The van der Waals surface area contributed by atoms with E-state index in [9.17, 15) is 14.4 Å². The van der Waals surface area contributed by atoms with Crippen molar-refractivity contribution in [3.8, 4) is 0 Å². The number of ketones is 1. The SMILES string of the molecule is CC(=O)c1c[nH]c(=O)n(CCCCC(C)C)c1=O. The molecule has 1 aromatic rings. The molecule has 0 saturated carbocycles. The van der Waals surface area contributed by atoms with E-state index in [1.807, 2.05) is 0 Å². The number of aromatic nitrogens is 2. The summed E-state index contributed by atoms with van der Waals surface area (Å²) in [6.07, 6.45) is 3.99. The fraction of sp³-hybridized carbons (Fsp3) is 0.615. The van der Waals surface area contributed by atoms with Crippen LogP contribution in [-0.2, 0) is 6.54 Å². The van der Waals surface area contributed by atoms with E-state index in [1.54, 1.807) is 0 Å². The van der Waals surface area contributed by atoms with Crippen LogP contribution in [0.3, 0.4) is 0 Å². The van der Waals surface area contributed by atoms with E-state index < -0.39 is 11.2 Å². The number of carbonyl (C=O) groups is 1. The minimum atomic E-state index is -0.490. The van der Waals surface area contributed by atoms with Crippen LogP contribution in [0.1, 0.15) is 50.4 Å². The van der Waals surface area contributed by atoms with E-state index in [4.69, 9.17) is 0 Å². The molecule has 0 atom stereocenters. The summed E-state index contributed by atoms with van der Waals surface area (Å²) in [7, 11) is 0. The van der Waals surface area contributed by atoms with Crippen LogP contribution in [0, 0.1) is 5.92 Å². The second kappa shape index (κ2) is 6.33. The first-order valence-electron chi connectivity index (χ1n) is 6.27. The standard InChI is InChI=1S/C13H20N2O3/c1-9(2)6-4-5-7-15-12(17)11(10(3)16)8-14-13(15)18/h8-9H,4-7H2,1-3H3,(H,14,18). The smallest absolute Gasteiger partial charge is 0.313 e. The van der Waals surface area contributed by atoms with Crippen LogP contribution in [0.25, 0.3) is 0 Å². The Labute approximate surface area is 106 Å². The highest BCUT2D eigenvalue weighted by molar-refractivity contribution is 5.93. The highest BCUT2D eigenvalue weighted by atomic mass is 16.2. The zero-order valence-electron chi connectivity index (χ0n) is 11.2. The molecule has 0 saturated heterocycles. The first kappa shape index (κ1) is 14.4. The number of nitrogens with one attached hydrogen (secondary N) is 1. The number of nitrogens with zero attached hydrogens (tertiary/aromatic N) is 1. The van der Waals surface area contributed by atoms with Gasteiger partial charge in [0.25, 0.3) is 5.56 Å². The summed E-state index contributed by atoms with van der Waals surface area (Å²) in [5.41, 5.74) is -0.899. The Kier molecular flexibility index (Phi) is 5.07. The summed E-state index contributed by atoms with van der Waals surface area (Å²) < 4.78 is 1.11. The van der Waals surface area contributed by atoms with Gasteiger partial charge in [0.05, 0.1) is 5.56 Å². The molecule has 0 fully saturated rings. The van der Waals surface area contributed by atoms with E-state index >= 15 is 0 Å². The molecule has 5 nitrogen and oxygen atoms in total. The Balaban J connectivity index is 2.82. The summed E-state index contributed by atoms with van der Waals surface area (Å²) in [4.78, 5) is 37.1. The number of hydrogen-bond acceptors (Lipinski definition) is 3. The van der Waals surface area contributed by atoms with Crippen molar-refractivity contribution >= 4 is 5.78 Å². The predicted molar refractivity (Wildman–Crippen MR) is 70.0 cm³/mol. The first-order valence-corrected chi connectivity index (χ1v) is 6.27. The van der Waals surface area contributed by atoms with Gasteiger partial charge in [-0.25, -0.2) is 4.79 Å². The van der Waals surface area contributed by atoms with Gasteiger partial charge in [0, 0.05) is 12.7 Å². The van der Waals surface area contributed by atoms with Crippen LogP contribution in [0.15, 0.2) is 15.8 Å². The van der Waals surface area contributed by atoms with Gasteiger partial charge in [-0.05, 0) is 19.3 Å². The van der Waals surface area contributed by atoms with Gasteiger partial charge < -0.3 is 4.98 Å². The molecule has 5 heteroatoms. The van der Waals surface area contributed by atoms with Crippen molar-refractivity contribution in [2.24, 2.45) is 5.92 Å². The lowest BCUT2D eigenvalue weighted by molar-refractivity contribution is 0.101. The van der Waals surface area contributed by atoms with E-state index in [1.165, 1.54) is 13.1 Å². The number of aromatic amines is 1. The molecule has 100 valence electrons. The third-order valence-corrected chi connectivity index (χ3v) is 2.85. The number of rotatable bonds is 6. The zero-order chi connectivity index (χ0) is 13.7. The van der Waals surface area contributed by atoms with Gasteiger partial charge in [0.1, 0.15) is 0 Å². The Morgan fingerprint density at radius 3 is 2.56 bits per heavy atom. The van der Waals surface area contributed by atoms with Gasteiger partial charge >= 0.3 is 5.69 Å². The van der Waals surface area contributed by atoms with Gasteiger partial charge in [-0.2, -0.15) is 0 Å². The fourth-order valence-corrected chi connectivity index (χ4v) is 1.79. The monoisotopic (exact) mass is 252 g/mol. The number of unbranched alkanes of at least 4 members (excludes halogenated alkanes) is 1. The Hall–Kier alpha value is -1.65. The van der Waals surface area contributed by atoms with Gasteiger partial charge in [-0.15, -0.1) is 0 Å². The van der Waals surface area contributed by atoms with Crippen molar-refractivity contribution < 1.29 is 4.79 Å². The number of H-pyrrole nitrogens is 1. The van der Waals surface area contributed by atoms with Crippen LogP contribution >= 0.6 is 0 Å². The maximum absolute atomic E-state index is 11.9. The molecular formula is C13H20N2O3. The fourth-order valence-electron chi connectivity index (χ4n) is 1.79. The molecule has 0 aliphatic carbocycles. The van der Waals surface area contributed by atoms with Crippen LogP contribution in [0.2, 0.25) is 0 Å². The molecule has 1 heterocycles. The van der Waals surface area contributed by atoms with Crippen molar-refractivity contribution in [1.82, 2.24) is 9.55 Å². The van der Waals surface area contributed by atoms with Gasteiger partial charge in [0.15, 0.2) is 5.78 Å². The van der Waals surface area contributed by atoms with Crippen molar-refractivity contribution in [2.75, 3.05) is 0 Å². The minimum Gasteiger partial charge on any atom is -0.313 e. The van der Waals surface area contributed by atoms with Gasteiger partial charge in [-0.3, -0.25) is 14.2 Å². The minimum absolute atomic E-state index is 0.0402. The zero-order valence-corrected chi connectivity index (χ0v) is 11.2. The Morgan fingerprint density at radius 1 is 1.33 bits per heavy atom. The molecule has 0 aromatic carbocycles. The highest BCUT2D eigenvalue weighted by Gasteiger charge is 2.10. The molecule has 0 aliphatic rings. The largest absolute Gasteiger partial charge is 0.328 e. The average molecular weight is 252 g/mol. The molecule has 0 spiro atoms. The highest BCUT2D eigenvalue weighted by Crippen LogP contribution is 2.06. The van der Waals surface area contributed by atoms with Crippen LogP contribution in [0.5, 0.6) is 0 Å². The summed E-state index contributed by atoms with van der Waals surface area (Å²) >= 11 is 0. The average Bonchev–Trinajstić information content (AvgIpc) is 2.26. The van der Waals surface area contributed by atoms with E-state index in [0.29, 0.717) is 12.5 Å². The molecule has 0 bridgehead atoms. The molecule has 0 unspecified atom stereocenters. The summed E-state index contributed by atoms with van der Waals surface area (Å²) in [5, 5.41) is 0. The molecule has 1 aromatic heterocycles. The normalized spacial score (nSPS) is 10.9. The number of Topliss-reactive ketones (excluding diaryl/α,β-unsaturated/α-hetero) is 1. The predicted octanol–water partition coefficient (Wildman–Crippen LogP) is 1.57. The topological polar surface area (TPSA) is 71.9 Å². The number of hydrogen-bond donors (Lipinski definition) is 1. The van der Waals surface area contributed by atoms with Crippen molar-refractivity contribution in [3.05, 3.63) is 32.6 Å². The maximum Gasteiger partial charge on any atom is 0.328 e. The molecular weight excluding hydrogens is 232 g/mol. The summed E-state index contributed by atoms with van der Waals surface area (Å²) in [6.45, 7) is 5.95. The van der Waals surface area contributed by atoms with Crippen molar-refractivity contribution in [1.29, 1.82) is 0 Å². The van der Waals surface area contributed by atoms with Crippen molar-refractivity contribution in [3.63, 3.8) is 0 Å². The third-order valence-electron chi connectivity index (χ3n) is 2.85. The maximum atomic E-state index is 11.9. The van der Waals surface area contributed by atoms with Gasteiger partial charge in [0.2, 0.25) is 0 Å². The second-order valence-electron chi connectivity index (χ2n) is 4.91. The quantitative estimate of drug-likeness (QED) is 0.617. The van der Waals surface area contributed by atoms with E-state index in [0.717, 1.165) is 23.8 Å². The second-order valence-corrected chi connectivity index (χ2v) is 4.91. The number of carbonyl (C=O) groups excluding carboxylic acids is 1. The van der Waals surface area contributed by atoms with Crippen LogP contribution < -0.4 is 11.2 Å².